The molecule has 0 aromatic carbocycles. The molecule has 0 radical (unpaired) electrons. The molecular formula is C9H18N4O. The van der Waals surface area contributed by atoms with Gasteiger partial charge in [-0.3, -0.25) is 4.68 Å². The number of hydrogen-bond acceptors (Lipinski definition) is 4. The Hall–Kier alpha value is -0.940. The van der Waals surface area contributed by atoms with E-state index in [1.807, 2.05) is 0 Å². The molecule has 1 unspecified atom stereocenters. The van der Waals surface area contributed by atoms with Gasteiger partial charge in [0.05, 0.1) is 6.54 Å². The molecule has 1 rings (SSSR count). The molecule has 1 aromatic heterocycles. The van der Waals surface area contributed by atoms with Gasteiger partial charge in [0.1, 0.15) is 12.7 Å². The van der Waals surface area contributed by atoms with E-state index in [-0.39, 0.29) is 12.6 Å². The number of nitrogens with one attached hydrogen (secondary N) is 1. The minimum atomic E-state index is 0.204. The summed E-state index contributed by atoms with van der Waals surface area (Å²) < 4.78 is 1.78. The summed E-state index contributed by atoms with van der Waals surface area (Å²) in [5, 5.41) is 16.3. The van der Waals surface area contributed by atoms with Crippen LogP contribution in [-0.2, 0) is 6.54 Å². The third-order valence-corrected chi connectivity index (χ3v) is 2.03. The van der Waals surface area contributed by atoms with Crippen LogP contribution in [0.2, 0.25) is 0 Å². The van der Waals surface area contributed by atoms with E-state index in [1.165, 1.54) is 6.33 Å². The van der Waals surface area contributed by atoms with E-state index in [0.29, 0.717) is 0 Å². The number of aliphatic hydroxyl groups is 1. The third kappa shape index (κ3) is 3.85. The average molecular weight is 198 g/mol. The maximum absolute atomic E-state index is 8.88. The molecule has 1 atom stereocenters. The van der Waals surface area contributed by atoms with Gasteiger partial charge >= 0.3 is 0 Å². The van der Waals surface area contributed by atoms with E-state index >= 15 is 0 Å². The van der Waals surface area contributed by atoms with Crippen LogP contribution in [-0.4, -0.2) is 39.1 Å². The van der Waals surface area contributed by atoms with Crippen molar-refractivity contribution in [2.75, 3.05) is 13.2 Å². The first-order chi connectivity index (χ1) is 6.86. The summed E-state index contributed by atoms with van der Waals surface area (Å²) in [6, 6.07) is 0.279. The zero-order valence-corrected chi connectivity index (χ0v) is 8.56. The Morgan fingerprint density at radius 3 is 3.00 bits per heavy atom. The minimum Gasteiger partial charge on any atom is -0.396 e. The van der Waals surface area contributed by atoms with Crippen molar-refractivity contribution in [3.05, 3.63) is 12.7 Å². The second-order valence-electron chi connectivity index (χ2n) is 3.28. The molecule has 1 heterocycles. The first-order valence-corrected chi connectivity index (χ1v) is 5.03. The maximum Gasteiger partial charge on any atom is 0.137 e. The highest BCUT2D eigenvalue weighted by Gasteiger charge is 2.07. The second kappa shape index (κ2) is 6.50. The fourth-order valence-corrected chi connectivity index (χ4v) is 1.32. The van der Waals surface area contributed by atoms with Crippen LogP contribution in [0.1, 0.15) is 19.8 Å². The molecule has 1 aromatic rings. The summed E-state index contributed by atoms with van der Waals surface area (Å²) in [5.74, 6) is 0. The van der Waals surface area contributed by atoms with Crippen molar-refractivity contribution in [2.24, 2.45) is 0 Å². The van der Waals surface area contributed by atoms with Gasteiger partial charge in [0.25, 0.3) is 0 Å². The average Bonchev–Trinajstić information content (AvgIpc) is 2.67. The van der Waals surface area contributed by atoms with Gasteiger partial charge in [-0.1, -0.05) is 6.92 Å². The van der Waals surface area contributed by atoms with Gasteiger partial charge in [0, 0.05) is 12.6 Å². The van der Waals surface area contributed by atoms with Crippen molar-refractivity contribution in [1.82, 2.24) is 20.1 Å². The Kier molecular flexibility index (Phi) is 5.17. The molecule has 80 valence electrons. The lowest BCUT2D eigenvalue weighted by Crippen LogP contribution is -2.34. The van der Waals surface area contributed by atoms with Crippen molar-refractivity contribution < 1.29 is 5.11 Å². The van der Waals surface area contributed by atoms with E-state index in [4.69, 9.17) is 5.11 Å². The zero-order valence-electron chi connectivity index (χ0n) is 8.56. The van der Waals surface area contributed by atoms with Crippen molar-refractivity contribution in [3.8, 4) is 0 Å². The van der Waals surface area contributed by atoms with Gasteiger partial charge in [-0.2, -0.15) is 5.10 Å². The van der Waals surface area contributed by atoms with E-state index in [0.717, 1.165) is 25.9 Å². The molecule has 0 spiro atoms. The fraction of sp³-hybridized carbons (Fsp3) is 0.778. The first kappa shape index (κ1) is 11.1. The number of aromatic nitrogens is 3. The molecule has 0 aliphatic rings. The summed E-state index contributed by atoms with van der Waals surface area (Å²) >= 11 is 0. The molecule has 0 amide bonds. The van der Waals surface area contributed by atoms with Crippen molar-refractivity contribution in [3.63, 3.8) is 0 Å². The topological polar surface area (TPSA) is 63.0 Å². The normalized spacial score (nSPS) is 13.0. The maximum atomic E-state index is 8.88. The molecule has 5 heteroatoms. The SMILES string of the molecule is CCCNC(CCO)Cn1cncn1. The second-order valence-corrected chi connectivity index (χ2v) is 3.28. The predicted molar refractivity (Wildman–Crippen MR) is 53.8 cm³/mol. The molecule has 0 saturated carbocycles. The predicted octanol–water partition coefficient (Wildman–Crippen LogP) is 0.0287. The van der Waals surface area contributed by atoms with Crippen LogP contribution in [0.4, 0.5) is 0 Å². The van der Waals surface area contributed by atoms with E-state index in [2.05, 4.69) is 22.3 Å². The Bertz CT molecular complexity index is 225. The molecule has 0 saturated heterocycles. The van der Waals surface area contributed by atoms with Crippen molar-refractivity contribution in [2.45, 2.75) is 32.4 Å². The summed E-state index contributed by atoms with van der Waals surface area (Å²) in [4.78, 5) is 3.88. The number of nitrogens with zero attached hydrogens (tertiary/aromatic N) is 3. The number of aliphatic hydroxyl groups excluding tert-OH is 1. The summed E-state index contributed by atoms with van der Waals surface area (Å²) in [5.41, 5.74) is 0. The van der Waals surface area contributed by atoms with Crippen LogP contribution in [0.3, 0.4) is 0 Å². The molecule has 0 bridgehead atoms. The molecule has 0 aliphatic heterocycles. The lowest BCUT2D eigenvalue weighted by molar-refractivity contribution is 0.254. The summed E-state index contributed by atoms with van der Waals surface area (Å²) in [6.07, 6.45) is 5.06. The summed E-state index contributed by atoms with van der Waals surface area (Å²) in [7, 11) is 0. The number of hydrogen-bond donors (Lipinski definition) is 2. The van der Waals surface area contributed by atoms with Gasteiger partial charge < -0.3 is 10.4 Å². The van der Waals surface area contributed by atoms with Gasteiger partial charge in [-0.15, -0.1) is 0 Å². The molecule has 0 fully saturated rings. The largest absolute Gasteiger partial charge is 0.396 e. The number of rotatable bonds is 7. The van der Waals surface area contributed by atoms with Gasteiger partial charge in [-0.25, -0.2) is 4.98 Å². The lowest BCUT2D eigenvalue weighted by atomic mass is 10.2. The van der Waals surface area contributed by atoms with Crippen LogP contribution in [0.15, 0.2) is 12.7 Å². The van der Waals surface area contributed by atoms with E-state index in [1.54, 1.807) is 11.0 Å². The van der Waals surface area contributed by atoms with E-state index < -0.39 is 0 Å². The fourth-order valence-electron chi connectivity index (χ4n) is 1.32. The highest BCUT2D eigenvalue weighted by Crippen LogP contribution is 1.95. The van der Waals surface area contributed by atoms with Crippen LogP contribution in [0.25, 0.3) is 0 Å². The van der Waals surface area contributed by atoms with Gasteiger partial charge in [-0.05, 0) is 19.4 Å². The lowest BCUT2D eigenvalue weighted by Gasteiger charge is -2.16. The highest BCUT2D eigenvalue weighted by molar-refractivity contribution is 4.68. The van der Waals surface area contributed by atoms with Crippen LogP contribution in [0.5, 0.6) is 0 Å². The standard InChI is InChI=1S/C9H18N4O/c1-2-4-11-9(3-5-14)6-13-8-10-7-12-13/h7-9,11,14H,2-6H2,1H3. The van der Waals surface area contributed by atoms with Crippen molar-refractivity contribution >= 4 is 0 Å². The minimum absolute atomic E-state index is 0.204. The van der Waals surface area contributed by atoms with Gasteiger partial charge in [0.2, 0.25) is 0 Å². The van der Waals surface area contributed by atoms with Crippen LogP contribution in [0, 0.1) is 0 Å². The highest BCUT2D eigenvalue weighted by atomic mass is 16.3. The first-order valence-electron chi connectivity index (χ1n) is 5.03. The summed E-state index contributed by atoms with van der Waals surface area (Å²) in [6.45, 7) is 4.06. The molecule has 14 heavy (non-hydrogen) atoms. The molecular weight excluding hydrogens is 180 g/mol. The van der Waals surface area contributed by atoms with Crippen LogP contribution < -0.4 is 5.32 Å². The Morgan fingerprint density at radius 2 is 2.43 bits per heavy atom. The van der Waals surface area contributed by atoms with Crippen molar-refractivity contribution in [1.29, 1.82) is 0 Å². The molecule has 5 nitrogen and oxygen atoms in total. The molecule has 2 N–H and O–H groups in total. The third-order valence-electron chi connectivity index (χ3n) is 2.03. The Morgan fingerprint density at radius 1 is 1.57 bits per heavy atom. The quantitative estimate of drug-likeness (QED) is 0.649. The Balaban J connectivity index is 2.34. The van der Waals surface area contributed by atoms with Crippen LogP contribution >= 0.6 is 0 Å². The smallest absolute Gasteiger partial charge is 0.137 e. The molecule has 0 aliphatic carbocycles. The zero-order chi connectivity index (χ0) is 10.2. The van der Waals surface area contributed by atoms with Gasteiger partial charge in [0.15, 0.2) is 0 Å². The van der Waals surface area contributed by atoms with E-state index in [9.17, 15) is 0 Å². The monoisotopic (exact) mass is 198 g/mol. The Labute approximate surface area is 84.2 Å².